The number of methoxy groups -OCH3 is 1. The standard InChI is InChI=1S/C26H29N3O4/c1-5-12-33-20-11-10-16(13-21(20)32-4)18-14-29-22(30)15-28(3)25(31)26(29,2)24-23(18)17-8-6-7-9-19(17)27-24/h6-11,13,18,27H,5,12,14-15H2,1-4H3/t18-,26+/m1/s1. The molecule has 0 aliphatic carbocycles. The summed E-state index contributed by atoms with van der Waals surface area (Å²) >= 11 is 0. The molecule has 1 saturated heterocycles. The average Bonchev–Trinajstić information content (AvgIpc) is 3.22. The lowest BCUT2D eigenvalue weighted by molar-refractivity contribution is -0.164. The molecule has 3 heterocycles. The summed E-state index contributed by atoms with van der Waals surface area (Å²) in [7, 11) is 3.33. The highest BCUT2D eigenvalue weighted by atomic mass is 16.5. The molecule has 172 valence electrons. The minimum atomic E-state index is -1.07. The van der Waals surface area contributed by atoms with Crippen LogP contribution in [0.2, 0.25) is 0 Å². The third-order valence-corrected chi connectivity index (χ3v) is 6.97. The number of carbonyl (C=O) groups excluding carboxylic acids is 2. The SMILES string of the molecule is CCCOc1ccc([C@H]2CN3C(=O)CN(C)C(=O)[C@]3(C)c3[nH]c4ccccc4c32)cc1OC. The van der Waals surface area contributed by atoms with Crippen LogP contribution in [-0.4, -0.2) is 60.5 Å². The topological polar surface area (TPSA) is 74.9 Å². The number of amides is 2. The lowest BCUT2D eigenvalue weighted by atomic mass is 9.76. The maximum Gasteiger partial charge on any atom is 0.254 e. The lowest BCUT2D eigenvalue weighted by Crippen LogP contribution is -2.66. The third kappa shape index (κ3) is 3.09. The molecular weight excluding hydrogens is 418 g/mol. The molecule has 0 saturated carbocycles. The number of H-pyrrole nitrogens is 1. The van der Waals surface area contributed by atoms with Crippen LogP contribution in [0.1, 0.15) is 43.0 Å². The van der Waals surface area contributed by atoms with Gasteiger partial charge in [0.1, 0.15) is 0 Å². The van der Waals surface area contributed by atoms with Crippen LogP contribution < -0.4 is 9.47 Å². The molecule has 1 N–H and O–H groups in total. The van der Waals surface area contributed by atoms with Crippen LogP contribution in [-0.2, 0) is 15.1 Å². The monoisotopic (exact) mass is 447 g/mol. The molecule has 3 aromatic rings. The Kier molecular flexibility index (Phi) is 5.07. The first-order chi connectivity index (χ1) is 15.9. The number of hydrogen-bond donors (Lipinski definition) is 1. The summed E-state index contributed by atoms with van der Waals surface area (Å²) in [6.07, 6.45) is 0.907. The Labute approximate surface area is 193 Å². The first kappa shape index (κ1) is 21.4. The van der Waals surface area contributed by atoms with Gasteiger partial charge in [0.05, 0.1) is 26.0 Å². The van der Waals surface area contributed by atoms with E-state index < -0.39 is 5.54 Å². The number of carbonyl (C=O) groups is 2. The van der Waals surface area contributed by atoms with Gasteiger partial charge in [-0.05, 0) is 42.7 Å². The molecule has 1 aromatic heterocycles. The van der Waals surface area contributed by atoms with Gasteiger partial charge in [-0.3, -0.25) is 9.59 Å². The number of aromatic nitrogens is 1. The van der Waals surface area contributed by atoms with Crippen molar-refractivity contribution in [2.75, 3.05) is 33.9 Å². The fourth-order valence-corrected chi connectivity index (χ4v) is 5.31. The molecule has 5 rings (SSSR count). The van der Waals surface area contributed by atoms with E-state index in [9.17, 15) is 9.59 Å². The van der Waals surface area contributed by atoms with Crippen molar-refractivity contribution in [1.82, 2.24) is 14.8 Å². The van der Waals surface area contributed by atoms with Crippen molar-refractivity contribution in [1.29, 1.82) is 0 Å². The summed E-state index contributed by atoms with van der Waals surface area (Å²) in [6.45, 7) is 5.04. The van der Waals surface area contributed by atoms with Crippen molar-refractivity contribution in [3.8, 4) is 11.5 Å². The summed E-state index contributed by atoms with van der Waals surface area (Å²) in [5.74, 6) is 1.13. The molecule has 7 heteroatoms. The maximum atomic E-state index is 13.4. The van der Waals surface area contributed by atoms with E-state index in [-0.39, 0.29) is 24.3 Å². The van der Waals surface area contributed by atoms with Crippen molar-refractivity contribution in [3.05, 3.63) is 59.3 Å². The number of hydrogen-bond acceptors (Lipinski definition) is 4. The smallest absolute Gasteiger partial charge is 0.254 e. The Morgan fingerprint density at radius 1 is 1.15 bits per heavy atom. The number of aromatic amines is 1. The van der Waals surface area contributed by atoms with Crippen LogP contribution in [0.5, 0.6) is 11.5 Å². The van der Waals surface area contributed by atoms with E-state index >= 15 is 0 Å². The highest BCUT2D eigenvalue weighted by Gasteiger charge is 2.55. The number of likely N-dealkylation sites (N-methyl/N-ethyl adjacent to an activating group) is 1. The molecule has 2 atom stereocenters. The van der Waals surface area contributed by atoms with E-state index in [0.29, 0.717) is 24.7 Å². The number of nitrogens with zero attached hydrogens (tertiary/aromatic N) is 2. The zero-order valence-corrected chi connectivity index (χ0v) is 19.5. The highest BCUT2D eigenvalue weighted by molar-refractivity contribution is 6.01. The highest BCUT2D eigenvalue weighted by Crippen LogP contribution is 2.48. The molecule has 0 bridgehead atoms. The number of piperazine rings is 1. The summed E-state index contributed by atoms with van der Waals surface area (Å²) in [5, 5.41) is 1.07. The number of ether oxygens (including phenoxy) is 2. The minimum absolute atomic E-state index is 0.0521. The number of fused-ring (bicyclic) bond motifs is 5. The van der Waals surface area contributed by atoms with Crippen molar-refractivity contribution in [3.63, 3.8) is 0 Å². The van der Waals surface area contributed by atoms with Crippen molar-refractivity contribution < 1.29 is 19.1 Å². The normalized spacial score (nSPS) is 22.4. The summed E-state index contributed by atoms with van der Waals surface area (Å²) in [6, 6.07) is 14.0. The average molecular weight is 448 g/mol. The molecule has 7 nitrogen and oxygen atoms in total. The second-order valence-corrected chi connectivity index (χ2v) is 9.01. The molecule has 1 fully saturated rings. The van der Waals surface area contributed by atoms with Gasteiger partial charge in [-0.25, -0.2) is 0 Å². The van der Waals surface area contributed by atoms with E-state index in [1.54, 1.807) is 19.1 Å². The number of para-hydroxylation sites is 1. The zero-order chi connectivity index (χ0) is 23.3. The van der Waals surface area contributed by atoms with E-state index in [1.807, 2.05) is 43.3 Å². The maximum absolute atomic E-state index is 13.4. The Bertz CT molecular complexity index is 1250. The van der Waals surface area contributed by atoms with Gasteiger partial charge in [0, 0.05) is 30.4 Å². The van der Waals surface area contributed by atoms with E-state index in [2.05, 4.69) is 18.0 Å². The van der Waals surface area contributed by atoms with Gasteiger partial charge >= 0.3 is 0 Å². The van der Waals surface area contributed by atoms with Gasteiger partial charge in [0.2, 0.25) is 5.91 Å². The second-order valence-electron chi connectivity index (χ2n) is 9.01. The van der Waals surface area contributed by atoms with Crippen LogP contribution >= 0.6 is 0 Å². The summed E-state index contributed by atoms with van der Waals surface area (Å²) < 4.78 is 11.5. The summed E-state index contributed by atoms with van der Waals surface area (Å²) in [4.78, 5) is 33.4. The molecule has 0 radical (unpaired) electrons. The molecule has 2 amide bonds. The predicted molar refractivity (Wildman–Crippen MR) is 126 cm³/mol. The molecular formula is C26H29N3O4. The van der Waals surface area contributed by atoms with Crippen LogP contribution in [0.15, 0.2) is 42.5 Å². The van der Waals surface area contributed by atoms with Crippen molar-refractivity contribution in [2.45, 2.75) is 31.7 Å². The van der Waals surface area contributed by atoms with E-state index in [4.69, 9.17) is 9.47 Å². The van der Waals surface area contributed by atoms with Gasteiger partial charge in [-0.1, -0.05) is 31.2 Å². The number of benzene rings is 2. The lowest BCUT2D eigenvalue weighted by Gasteiger charge is -2.50. The minimum Gasteiger partial charge on any atom is -0.493 e. The predicted octanol–water partition coefficient (Wildman–Crippen LogP) is 3.63. The van der Waals surface area contributed by atoms with Gasteiger partial charge in [0.25, 0.3) is 5.91 Å². The third-order valence-electron chi connectivity index (χ3n) is 6.97. The molecule has 2 aliphatic heterocycles. The number of nitrogens with one attached hydrogen (secondary N) is 1. The van der Waals surface area contributed by atoms with Gasteiger partial charge in [0.15, 0.2) is 17.0 Å². The number of rotatable bonds is 5. The van der Waals surface area contributed by atoms with Crippen LogP contribution in [0.25, 0.3) is 10.9 Å². The van der Waals surface area contributed by atoms with Gasteiger partial charge in [-0.15, -0.1) is 0 Å². The largest absolute Gasteiger partial charge is 0.493 e. The molecule has 33 heavy (non-hydrogen) atoms. The fourth-order valence-electron chi connectivity index (χ4n) is 5.31. The first-order valence-electron chi connectivity index (χ1n) is 11.4. The Morgan fingerprint density at radius 2 is 1.94 bits per heavy atom. The second kappa shape index (κ2) is 7.83. The molecule has 0 unspecified atom stereocenters. The van der Waals surface area contributed by atoms with Crippen molar-refractivity contribution >= 4 is 22.7 Å². The zero-order valence-electron chi connectivity index (χ0n) is 19.5. The van der Waals surface area contributed by atoms with Crippen molar-refractivity contribution in [2.24, 2.45) is 0 Å². The molecule has 2 aromatic carbocycles. The fraction of sp³-hybridized carbons (Fsp3) is 0.385. The van der Waals surface area contributed by atoms with Crippen LogP contribution in [0.3, 0.4) is 0 Å². The molecule has 2 aliphatic rings. The molecule has 0 spiro atoms. The Balaban J connectivity index is 1.71. The van der Waals surface area contributed by atoms with Crippen LogP contribution in [0.4, 0.5) is 0 Å². The summed E-state index contributed by atoms with van der Waals surface area (Å²) in [5.41, 5.74) is 2.76. The Hall–Kier alpha value is -3.48. The van der Waals surface area contributed by atoms with Crippen LogP contribution in [0, 0.1) is 0 Å². The van der Waals surface area contributed by atoms with Gasteiger partial charge < -0.3 is 24.3 Å². The Morgan fingerprint density at radius 3 is 2.70 bits per heavy atom. The quantitative estimate of drug-likeness (QED) is 0.648. The van der Waals surface area contributed by atoms with E-state index in [1.165, 1.54) is 4.90 Å². The first-order valence-corrected chi connectivity index (χ1v) is 11.4. The van der Waals surface area contributed by atoms with Gasteiger partial charge in [-0.2, -0.15) is 0 Å². The van der Waals surface area contributed by atoms with E-state index in [0.717, 1.165) is 34.1 Å².